The highest BCUT2D eigenvalue weighted by Gasteiger charge is 2.33. The van der Waals surface area contributed by atoms with Crippen molar-refractivity contribution in [3.05, 3.63) is 98.3 Å². The summed E-state index contributed by atoms with van der Waals surface area (Å²) in [4.78, 5) is 30.8. The van der Waals surface area contributed by atoms with Crippen molar-refractivity contribution in [3.63, 3.8) is 0 Å². The number of furan rings is 1. The largest absolute Gasteiger partial charge is 0.493 e. The lowest BCUT2D eigenvalue weighted by Crippen LogP contribution is -2.28. The average Bonchev–Trinajstić information content (AvgIpc) is 3.65. The van der Waals surface area contributed by atoms with Gasteiger partial charge in [-0.1, -0.05) is 44.5 Å². The van der Waals surface area contributed by atoms with Gasteiger partial charge in [-0.05, 0) is 83.7 Å². The van der Waals surface area contributed by atoms with Crippen LogP contribution < -0.4 is 14.8 Å². The molecule has 2 aromatic heterocycles. The van der Waals surface area contributed by atoms with Gasteiger partial charge in [0.15, 0.2) is 11.5 Å². The third kappa shape index (κ3) is 7.17. The number of carbonyl (C=O) groups excluding carboxylic acids is 1. The van der Waals surface area contributed by atoms with E-state index in [2.05, 4.69) is 26.1 Å². The van der Waals surface area contributed by atoms with Crippen LogP contribution >= 0.6 is 22.9 Å². The Kier molecular flexibility index (Phi) is 9.46. The second kappa shape index (κ2) is 13.3. The Bertz CT molecular complexity index is 1690. The minimum atomic E-state index is -1.01. The number of aromatic carboxylic acids is 1. The van der Waals surface area contributed by atoms with Gasteiger partial charge in [0.1, 0.15) is 17.4 Å². The lowest BCUT2D eigenvalue weighted by Gasteiger charge is -2.33. The Morgan fingerprint density at radius 3 is 2.73 bits per heavy atom. The van der Waals surface area contributed by atoms with E-state index in [0.29, 0.717) is 56.4 Å². The molecule has 0 aliphatic heterocycles. The number of nitrogens with zero attached hydrogens (tertiary/aromatic N) is 1. The number of carboxylic acids is 1. The molecular weight excluding hydrogens is 600 g/mol. The van der Waals surface area contributed by atoms with Crippen LogP contribution in [0.1, 0.15) is 75.2 Å². The van der Waals surface area contributed by atoms with Crippen molar-refractivity contribution in [1.82, 2.24) is 5.32 Å². The van der Waals surface area contributed by atoms with Crippen molar-refractivity contribution in [1.29, 1.82) is 0 Å². The van der Waals surface area contributed by atoms with Gasteiger partial charge in [0.25, 0.3) is 5.91 Å². The number of carboxylic acid groups (broad SMARTS) is 1. The molecule has 0 spiro atoms. The van der Waals surface area contributed by atoms with E-state index in [4.69, 9.17) is 30.5 Å². The summed E-state index contributed by atoms with van der Waals surface area (Å²) in [6.45, 7) is 7.20. The number of rotatable bonds is 10. The van der Waals surface area contributed by atoms with Crippen molar-refractivity contribution in [2.45, 2.75) is 53.2 Å². The standard InChI is InChI=1S/C34H35ClN2O6S/c1-34(2,3)23-10-11-25-28(16-23)44-32(29(25)31(38)36-18-24-9-6-12-42-24)37-17-21-14-26(35)30(27(15-21)41-4)43-19-20-7-5-8-22(13-20)33(39)40/h5-9,12-15,17,23H,10-11,16,18-19H2,1-4H3,(H,36,38)(H,39,40)/t23-/m1/s1. The molecule has 1 atom stereocenters. The molecule has 0 radical (unpaired) electrons. The molecule has 0 fully saturated rings. The van der Waals surface area contributed by atoms with E-state index >= 15 is 0 Å². The number of fused-ring (bicyclic) bond motifs is 1. The first-order chi connectivity index (χ1) is 21.0. The molecular formula is C34H35ClN2O6S. The number of hydrogen-bond acceptors (Lipinski definition) is 7. The number of benzene rings is 2. The van der Waals surface area contributed by atoms with Crippen molar-refractivity contribution in [2.24, 2.45) is 16.3 Å². The zero-order valence-electron chi connectivity index (χ0n) is 25.1. The highest BCUT2D eigenvalue weighted by Crippen LogP contribution is 2.45. The number of aliphatic imine (C=N–C) groups is 1. The smallest absolute Gasteiger partial charge is 0.335 e. The number of amides is 1. The summed E-state index contributed by atoms with van der Waals surface area (Å²) in [6.07, 6.45) is 6.02. The number of hydrogen-bond donors (Lipinski definition) is 2. The van der Waals surface area contributed by atoms with Crippen LogP contribution in [0.5, 0.6) is 11.5 Å². The molecule has 0 unspecified atom stereocenters. The van der Waals surface area contributed by atoms with Gasteiger partial charge in [-0.15, -0.1) is 11.3 Å². The van der Waals surface area contributed by atoms with Gasteiger partial charge in [0, 0.05) is 11.1 Å². The van der Waals surface area contributed by atoms with E-state index in [1.54, 1.807) is 60.2 Å². The van der Waals surface area contributed by atoms with Crippen LogP contribution in [-0.4, -0.2) is 30.3 Å². The van der Waals surface area contributed by atoms with Crippen LogP contribution in [0.4, 0.5) is 5.00 Å². The second-order valence-corrected chi connectivity index (χ2v) is 13.3. The molecule has 2 heterocycles. The van der Waals surface area contributed by atoms with Crippen LogP contribution in [0, 0.1) is 11.3 Å². The molecule has 2 N–H and O–H groups in total. The van der Waals surface area contributed by atoms with Gasteiger partial charge < -0.3 is 24.3 Å². The predicted octanol–water partition coefficient (Wildman–Crippen LogP) is 8.11. The SMILES string of the molecule is COc1cc(C=Nc2sc3c(c2C(=O)NCc2ccco2)CC[C@@H](C(C)(C)C)C3)cc(Cl)c1OCc1cccc(C(=O)O)c1. The Morgan fingerprint density at radius 2 is 2.02 bits per heavy atom. The quantitative estimate of drug-likeness (QED) is 0.171. The van der Waals surface area contributed by atoms with E-state index < -0.39 is 5.97 Å². The summed E-state index contributed by atoms with van der Waals surface area (Å²) in [5.74, 6) is 0.759. The first-order valence-corrected chi connectivity index (χ1v) is 15.5. The van der Waals surface area contributed by atoms with Gasteiger partial charge in [-0.2, -0.15) is 0 Å². The van der Waals surface area contributed by atoms with Crippen LogP contribution in [0.15, 0.2) is 64.2 Å². The molecule has 10 heteroatoms. The summed E-state index contributed by atoms with van der Waals surface area (Å²) in [5.41, 5.74) is 3.39. The van der Waals surface area contributed by atoms with Crippen LogP contribution in [-0.2, 0) is 26.0 Å². The molecule has 230 valence electrons. The summed E-state index contributed by atoms with van der Waals surface area (Å²) < 4.78 is 16.9. The number of thiophene rings is 1. The van der Waals surface area contributed by atoms with E-state index in [-0.39, 0.29) is 23.5 Å². The lowest BCUT2D eigenvalue weighted by atomic mass is 9.72. The second-order valence-electron chi connectivity index (χ2n) is 11.8. The van der Waals surface area contributed by atoms with Crippen molar-refractivity contribution in [3.8, 4) is 11.5 Å². The maximum Gasteiger partial charge on any atom is 0.335 e. The monoisotopic (exact) mass is 634 g/mol. The zero-order chi connectivity index (χ0) is 31.4. The highest BCUT2D eigenvalue weighted by atomic mass is 35.5. The topological polar surface area (TPSA) is 110 Å². The van der Waals surface area contributed by atoms with Gasteiger partial charge in [-0.3, -0.25) is 4.79 Å². The van der Waals surface area contributed by atoms with Crippen molar-refractivity contribution >= 4 is 46.0 Å². The van der Waals surface area contributed by atoms with Gasteiger partial charge in [0.05, 0.1) is 36.1 Å². The van der Waals surface area contributed by atoms with Gasteiger partial charge in [0.2, 0.25) is 0 Å². The summed E-state index contributed by atoms with van der Waals surface area (Å²) >= 11 is 8.19. The first kappa shape index (κ1) is 31.3. The molecule has 1 aliphatic rings. The number of carbonyl (C=O) groups is 2. The van der Waals surface area contributed by atoms with E-state index in [1.165, 1.54) is 18.1 Å². The normalized spacial score (nSPS) is 14.8. The fraction of sp³-hybridized carbons (Fsp3) is 0.324. The molecule has 2 aromatic carbocycles. The average molecular weight is 635 g/mol. The van der Waals surface area contributed by atoms with E-state index in [9.17, 15) is 14.7 Å². The first-order valence-electron chi connectivity index (χ1n) is 14.3. The van der Waals surface area contributed by atoms with E-state index in [1.807, 2.05) is 6.07 Å². The lowest BCUT2D eigenvalue weighted by molar-refractivity contribution is 0.0696. The molecule has 5 rings (SSSR count). The zero-order valence-corrected chi connectivity index (χ0v) is 26.7. The van der Waals surface area contributed by atoms with Crippen molar-refractivity contribution in [2.75, 3.05) is 7.11 Å². The molecule has 8 nitrogen and oxygen atoms in total. The summed E-state index contributed by atoms with van der Waals surface area (Å²) in [5, 5.41) is 13.2. The Balaban J connectivity index is 1.40. The Hall–Kier alpha value is -4.08. The summed E-state index contributed by atoms with van der Waals surface area (Å²) in [6, 6.07) is 13.6. The number of methoxy groups -OCH3 is 1. The maximum atomic E-state index is 13.5. The van der Waals surface area contributed by atoms with Gasteiger partial charge >= 0.3 is 5.97 Å². The molecule has 0 bridgehead atoms. The minimum Gasteiger partial charge on any atom is -0.493 e. The molecule has 4 aromatic rings. The third-order valence-electron chi connectivity index (χ3n) is 7.84. The Morgan fingerprint density at radius 1 is 1.20 bits per heavy atom. The minimum absolute atomic E-state index is 0.109. The predicted molar refractivity (Wildman–Crippen MR) is 172 cm³/mol. The fourth-order valence-electron chi connectivity index (χ4n) is 5.34. The number of halogens is 1. The molecule has 1 amide bonds. The van der Waals surface area contributed by atoms with Crippen LogP contribution in [0.25, 0.3) is 0 Å². The van der Waals surface area contributed by atoms with Crippen LogP contribution in [0.3, 0.4) is 0 Å². The molecule has 1 aliphatic carbocycles. The summed E-state index contributed by atoms with van der Waals surface area (Å²) in [7, 11) is 1.52. The van der Waals surface area contributed by atoms with E-state index in [0.717, 1.165) is 24.8 Å². The maximum absolute atomic E-state index is 13.5. The number of ether oxygens (including phenoxy) is 2. The van der Waals surface area contributed by atoms with Crippen LogP contribution in [0.2, 0.25) is 5.02 Å². The highest BCUT2D eigenvalue weighted by molar-refractivity contribution is 7.16. The van der Waals surface area contributed by atoms with Gasteiger partial charge in [-0.25, -0.2) is 9.79 Å². The molecule has 44 heavy (non-hydrogen) atoms. The molecule has 0 saturated heterocycles. The third-order valence-corrected chi connectivity index (χ3v) is 9.28. The Labute approximate surface area is 265 Å². The molecule has 0 saturated carbocycles. The number of nitrogens with one attached hydrogen (secondary N) is 1. The van der Waals surface area contributed by atoms with Crippen molar-refractivity contribution < 1.29 is 28.6 Å². The fourth-order valence-corrected chi connectivity index (χ4v) is 6.88.